The van der Waals surface area contributed by atoms with Crippen LogP contribution in [-0.2, 0) is 10.0 Å². The first-order valence-electron chi connectivity index (χ1n) is 9.16. The van der Waals surface area contributed by atoms with Crippen LogP contribution in [0.5, 0.6) is 11.5 Å². The molecule has 6 nitrogen and oxygen atoms in total. The van der Waals surface area contributed by atoms with Gasteiger partial charge in [-0.05, 0) is 67.4 Å². The second-order valence-electron chi connectivity index (χ2n) is 7.12. The van der Waals surface area contributed by atoms with E-state index in [9.17, 15) is 13.2 Å². The Morgan fingerprint density at radius 1 is 0.967 bits per heavy atom. The third-order valence-electron chi connectivity index (χ3n) is 4.97. The highest BCUT2D eigenvalue weighted by molar-refractivity contribution is 7.92. The predicted molar refractivity (Wildman–Crippen MR) is 117 cm³/mol. The van der Waals surface area contributed by atoms with E-state index in [1.807, 2.05) is 32.0 Å². The van der Waals surface area contributed by atoms with E-state index in [0.717, 1.165) is 11.1 Å². The molecule has 1 N–H and O–H groups in total. The molecule has 0 spiro atoms. The first-order valence-corrected chi connectivity index (χ1v) is 11.0. The molecule has 0 fully saturated rings. The maximum Gasteiger partial charge on any atom is 0.264 e. The number of hydrogen-bond donors (Lipinski definition) is 1. The Hall–Kier alpha value is -3.03. The monoisotopic (exact) mass is 442 g/mol. The van der Waals surface area contributed by atoms with Gasteiger partial charge in [0.05, 0.1) is 21.8 Å². The molecule has 0 saturated heterocycles. The summed E-state index contributed by atoms with van der Waals surface area (Å²) in [4.78, 5) is 12.7. The molecule has 3 aromatic carbocycles. The fourth-order valence-corrected chi connectivity index (χ4v) is 4.73. The summed E-state index contributed by atoms with van der Waals surface area (Å²) in [5.74, 6) is 0.217. The molecule has 1 aliphatic heterocycles. The van der Waals surface area contributed by atoms with Crippen LogP contribution in [0.25, 0.3) is 0 Å². The van der Waals surface area contributed by atoms with Gasteiger partial charge in [-0.1, -0.05) is 23.7 Å². The second-order valence-corrected chi connectivity index (χ2v) is 9.52. The van der Waals surface area contributed by atoms with Crippen LogP contribution in [0.4, 0.5) is 11.4 Å². The van der Waals surface area contributed by atoms with Crippen molar-refractivity contribution < 1.29 is 17.9 Å². The van der Waals surface area contributed by atoms with E-state index in [2.05, 4.69) is 5.32 Å². The third-order valence-corrected chi connectivity index (χ3v) is 6.97. The van der Waals surface area contributed by atoms with Gasteiger partial charge < -0.3 is 10.1 Å². The van der Waals surface area contributed by atoms with E-state index in [-0.39, 0.29) is 16.2 Å². The molecule has 0 radical (unpaired) electrons. The third kappa shape index (κ3) is 3.51. The smallest absolute Gasteiger partial charge is 0.264 e. The summed E-state index contributed by atoms with van der Waals surface area (Å²) < 4.78 is 33.6. The van der Waals surface area contributed by atoms with E-state index in [1.165, 1.54) is 29.6 Å². The van der Waals surface area contributed by atoms with Gasteiger partial charge in [-0.3, -0.25) is 9.10 Å². The summed E-state index contributed by atoms with van der Waals surface area (Å²) >= 11 is 6.00. The van der Waals surface area contributed by atoms with Crippen LogP contribution in [0, 0.1) is 13.8 Å². The van der Waals surface area contributed by atoms with Crippen LogP contribution in [-0.4, -0.2) is 21.4 Å². The minimum atomic E-state index is -3.90. The molecular formula is C22H19ClN2O4S. The van der Waals surface area contributed by atoms with E-state index < -0.39 is 15.9 Å². The summed E-state index contributed by atoms with van der Waals surface area (Å²) in [6.45, 7) is 3.75. The van der Waals surface area contributed by atoms with Gasteiger partial charge in [-0.2, -0.15) is 0 Å². The molecule has 3 aromatic rings. The lowest BCUT2D eigenvalue weighted by atomic mass is 10.1. The van der Waals surface area contributed by atoms with Crippen LogP contribution in [0.15, 0.2) is 59.5 Å². The quantitative estimate of drug-likeness (QED) is 0.609. The van der Waals surface area contributed by atoms with Crippen molar-refractivity contribution in [3.05, 3.63) is 76.3 Å². The number of carbonyl (C=O) groups is 1. The highest BCUT2D eigenvalue weighted by atomic mass is 35.5. The molecule has 1 amide bonds. The lowest BCUT2D eigenvalue weighted by molar-refractivity contribution is 0.102. The minimum absolute atomic E-state index is 0.00704. The highest BCUT2D eigenvalue weighted by Gasteiger charge is 2.27. The molecule has 154 valence electrons. The molecule has 4 rings (SSSR count). The Bertz CT molecular complexity index is 1290. The van der Waals surface area contributed by atoms with Gasteiger partial charge in [0.1, 0.15) is 5.75 Å². The molecule has 0 atom stereocenters. The molecule has 0 aliphatic carbocycles. The topological polar surface area (TPSA) is 75.7 Å². The number of ether oxygens (including phenoxy) is 1. The lowest BCUT2D eigenvalue weighted by Gasteiger charge is -2.22. The number of rotatable bonds is 3. The molecule has 8 heteroatoms. The van der Waals surface area contributed by atoms with Gasteiger partial charge in [0.15, 0.2) is 5.75 Å². The van der Waals surface area contributed by atoms with E-state index in [4.69, 9.17) is 16.3 Å². The number of amides is 1. The predicted octanol–water partition coefficient (Wildman–Crippen LogP) is 5.14. The first-order chi connectivity index (χ1) is 14.2. The number of aryl methyl sites for hydroxylation is 2. The summed E-state index contributed by atoms with van der Waals surface area (Å²) in [6, 6.07) is 14.7. The van der Waals surface area contributed by atoms with Gasteiger partial charge in [0.25, 0.3) is 15.9 Å². The van der Waals surface area contributed by atoms with Crippen molar-refractivity contribution in [2.75, 3.05) is 16.7 Å². The number of fused-ring (bicyclic) bond motifs is 2. The number of anilines is 2. The van der Waals surface area contributed by atoms with Gasteiger partial charge in [-0.15, -0.1) is 0 Å². The zero-order valence-electron chi connectivity index (χ0n) is 16.6. The first kappa shape index (κ1) is 20.3. The average molecular weight is 443 g/mol. The number of halogens is 1. The van der Waals surface area contributed by atoms with Gasteiger partial charge in [0, 0.05) is 12.1 Å². The van der Waals surface area contributed by atoms with Crippen LogP contribution >= 0.6 is 11.6 Å². The summed E-state index contributed by atoms with van der Waals surface area (Å²) in [5, 5.41) is 3.17. The SMILES string of the molecule is Cc1ccc(C)c(N(C)S(=O)(=O)c2ccc3c(c2)C(=O)Nc2cc(Cl)ccc2O3)c1. The van der Waals surface area contributed by atoms with Gasteiger partial charge >= 0.3 is 0 Å². The number of hydrogen-bond acceptors (Lipinski definition) is 4. The zero-order valence-corrected chi connectivity index (χ0v) is 18.1. The molecule has 1 aliphatic rings. The number of sulfonamides is 1. The average Bonchev–Trinajstić information content (AvgIpc) is 2.84. The van der Waals surface area contributed by atoms with Crippen LogP contribution in [0.1, 0.15) is 21.5 Å². The number of benzene rings is 3. The lowest BCUT2D eigenvalue weighted by Crippen LogP contribution is -2.27. The van der Waals surface area contributed by atoms with Gasteiger partial charge in [0.2, 0.25) is 0 Å². The Balaban J connectivity index is 1.76. The summed E-state index contributed by atoms with van der Waals surface area (Å²) in [7, 11) is -2.40. The standard InChI is InChI=1S/C22H19ClN2O4S/c1-13-4-5-14(2)19(10-13)25(3)30(27,28)16-7-9-20-17(12-16)22(26)24-18-11-15(23)6-8-21(18)29-20/h4-12H,1-3H3,(H,24,26). The molecule has 0 bridgehead atoms. The number of nitrogens with one attached hydrogen (secondary N) is 1. The van der Waals surface area contributed by atoms with E-state index >= 15 is 0 Å². The fraction of sp³-hybridized carbons (Fsp3) is 0.136. The maximum atomic E-state index is 13.3. The fourth-order valence-electron chi connectivity index (χ4n) is 3.28. The second kappa shape index (κ2) is 7.34. The van der Waals surface area contributed by atoms with Crippen molar-refractivity contribution in [2.45, 2.75) is 18.7 Å². The molecule has 0 aromatic heterocycles. The van der Waals surface area contributed by atoms with E-state index in [0.29, 0.717) is 22.1 Å². The van der Waals surface area contributed by atoms with Crippen molar-refractivity contribution in [3.63, 3.8) is 0 Å². The zero-order chi connectivity index (χ0) is 21.6. The molecule has 0 unspecified atom stereocenters. The molecular weight excluding hydrogens is 424 g/mol. The molecule has 30 heavy (non-hydrogen) atoms. The largest absolute Gasteiger partial charge is 0.454 e. The number of nitrogens with zero attached hydrogens (tertiary/aromatic N) is 1. The van der Waals surface area contributed by atoms with Crippen molar-refractivity contribution in [3.8, 4) is 11.5 Å². The van der Waals surface area contributed by atoms with Crippen molar-refractivity contribution in [1.29, 1.82) is 0 Å². The number of carbonyl (C=O) groups excluding carboxylic acids is 1. The minimum Gasteiger partial charge on any atom is -0.454 e. The van der Waals surface area contributed by atoms with Gasteiger partial charge in [-0.25, -0.2) is 8.42 Å². The summed E-state index contributed by atoms with van der Waals surface area (Å²) in [5.41, 5.74) is 2.89. The Kier molecular flexibility index (Phi) is 4.95. The van der Waals surface area contributed by atoms with Crippen molar-refractivity contribution >= 4 is 38.9 Å². The maximum absolute atomic E-state index is 13.3. The van der Waals surface area contributed by atoms with Crippen molar-refractivity contribution in [1.82, 2.24) is 0 Å². The van der Waals surface area contributed by atoms with Crippen LogP contribution in [0.3, 0.4) is 0 Å². The summed E-state index contributed by atoms with van der Waals surface area (Å²) in [6.07, 6.45) is 0. The molecule has 0 saturated carbocycles. The van der Waals surface area contributed by atoms with Crippen molar-refractivity contribution in [2.24, 2.45) is 0 Å². The Morgan fingerprint density at radius 2 is 1.70 bits per heavy atom. The van der Waals surface area contributed by atoms with Crippen LogP contribution in [0.2, 0.25) is 5.02 Å². The molecule has 1 heterocycles. The van der Waals surface area contributed by atoms with E-state index in [1.54, 1.807) is 18.2 Å². The van der Waals surface area contributed by atoms with Crippen LogP contribution < -0.4 is 14.4 Å². The Labute approximate surface area is 180 Å². The normalized spacial score (nSPS) is 12.9. The Morgan fingerprint density at radius 3 is 2.47 bits per heavy atom. The highest BCUT2D eigenvalue weighted by Crippen LogP contribution is 2.38.